The summed E-state index contributed by atoms with van der Waals surface area (Å²) in [5.41, 5.74) is 0. The Morgan fingerprint density at radius 2 is 2.19 bits per heavy atom. The van der Waals surface area contributed by atoms with Gasteiger partial charge in [-0.1, -0.05) is 0 Å². The molecule has 0 spiro atoms. The monoisotopic (exact) mass is 383 g/mol. The molecule has 2 rings (SSSR count). The summed E-state index contributed by atoms with van der Waals surface area (Å²) in [4.78, 5) is 10.6. The minimum atomic E-state index is -3.94. The van der Waals surface area contributed by atoms with Crippen LogP contribution in [0.25, 0.3) is 0 Å². The maximum absolute atomic E-state index is 12.6. The Labute approximate surface area is 129 Å². The van der Waals surface area contributed by atoms with E-state index in [1.54, 1.807) is 6.92 Å². The fourth-order valence-electron chi connectivity index (χ4n) is 2.07. The molecule has 0 amide bonds. The first-order valence-corrected chi connectivity index (χ1v) is 8.28. The van der Waals surface area contributed by atoms with Crippen molar-refractivity contribution in [2.24, 2.45) is 0 Å². The van der Waals surface area contributed by atoms with Crippen LogP contribution < -0.4 is 0 Å². The van der Waals surface area contributed by atoms with E-state index in [0.717, 1.165) is 10.4 Å². The maximum Gasteiger partial charge on any atom is 0.371 e. The van der Waals surface area contributed by atoms with Gasteiger partial charge in [0.25, 0.3) is 0 Å². The van der Waals surface area contributed by atoms with Crippen molar-refractivity contribution in [1.29, 1.82) is 0 Å². The van der Waals surface area contributed by atoms with Crippen LogP contribution in [-0.2, 0) is 14.8 Å². The van der Waals surface area contributed by atoms with E-state index in [0.29, 0.717) is 0 Å². The van der Waals surface area contributed by atoms with Crippen LogP contribution in [0.1, 0.15) is 17.5 Å². The van der Waals surface area contributed by atoms with E-state index >= 15 is 0 Å². The molecule has 0 bridgehead atoms. The summed E-state index contributed by atoms with van der Waals surface area (Å²) < 4.78 is 36.3. The number of sulfonamides is 1. The van der Waals surface area contributed by atoms with Gasteiger partial charge in [-0.2, -0.15) is 4.31 Å². The van der Waals surface area contributed by atoms with Crippen molar-refractivity contribution >= 4 is 31.9 Å². The summed E-state index contributed by atoms with van der Waals surface area (Å²) in [7, 11) is -3.94. The van der Waals surface area contributed by atoms with Crippen molar-refractivity contribution in [3.8, 4) is 0 Å². The number of ether oxygens (including phenoxy) is 1. The summed E-state index contributed by atoms with van der Waals surface area (Å²) >= 11 is 2.92. The highest BCUT2D eigenvalue weighted by atomic mass is 79.9. The topological polar surface area (TPSA) is 117 Å². The molecule has 1 aliphatic heterocycles. The number of nitrogens with zero attached hydrogens (tertiary/aromatic N) is 1. The lowest BCUT2D eigenvalue weighted by molar-refractivity contribution is -0.0750. The number of carboxylic acid groups (broad SMARTS) is 1. The van der Waals surface area contributed by atoms with Crippen LogP contribution >= 0.6 is 15.9 Å². The van der Waals surface area contributed by atoms with Gasteiger partial charge in [-0.05, 0) is 22.9 Å². The van der Waals surface area contributed by atoms with Crippen LogP contribution in [0.2, 0.25) is 0 Å². The number of hydrogen-bond acceptors (Lipinski definition) is 6. The Morgan fingerprint density at radius 3 is 2.71 bits per heavy atom. The van der Waals surface area contributed by atoms with Crippen LogP contribution in [0.15, 0.2) is 20.0 Å². The van der Waals surface area contributed by atoms with Crippen molar-refractivity contribution in [1.82, 2.24) is 4.31 Å². The largest absolute Gasteiger partial charge is 0.475 e. The number of rotatable bonds is 4. The molecule has 8 nitrogen and oxygen atoms in total. The van der Waals surface area contributed by atoms with Crippen molar-refractivity contribution in [2.45, 2.75) is 24.0 Å². The third kappa shape index (κ3) is 3.29. The quantitative estimate of drug-likeness (QED) is 0.777. The number of carboxylic acids is 1. The number of morpholine rings is 1. The second-order valence-electron chi connectivity index (χ2n) is 4.63. The Bertz CT molecular complexity index is 641. The van der Waals surface area contributed by atoms with Crippen molar-refractivity contribution < 1.29 is 32.6 Å². The standard InChI is InChI=1S/C11H14BrNO7S/c1-6-3-13(4-7(5-14)19-6)21(17,18)9-2-8(11(15)16)20-10(9)12/h2,6-7,14H,3-5H2,1H3,(H,15,16). The molecule has 2 N–H and O–H groups in total. The molecule has 10 heteroatoms. The summed E-state index contributed by atoms with van der Waals surface area (Å²) in [5, 5.41) is 18.0. The van der Waals surface area contributed by atoms with Crippen LogP contribution in [-0.4, -0.2) is 60.8 Å². The average Bonchev–Trinajstić information content (AvgIpc) is 2.81. The Morgan fingerprint density at radius 1 is 1.52 bits per heavy atom. The second kappa shape index (κ2) is 6.05. The molecule has 1 saturated heterocycles. The van der Waals surface area contributed by atoms with E-state index in [4.69, 9.17) is 19.4 Å². The number of aliphatic hydroxyl groups excluding tert-OH is 1. The zero-order valence-corrected chi connectivity index (χ0v) is 13.4. The first-order chi connectivity index (χ1) is 9.75. The van der Waals surface area contributed by atoms with Gasteiger partial charge >= 0.3 is 5.97 Å². The minimum absolute atomic E-state index is 0.0107. The van der Waals surface area contributed by atoms with Gasteiger partial charge in [0.15, 0.2) is 4.67 Å². The zero-order chi connectivity index (χ0) is 15.8. The zero-order valence-electron chi connectivity index (χ0n) is 11.0. The molecule has 2 unspecified atom stereocenters. The molecule has 1 aromatic rings. The van der Waals surface area contributed by atoms with Crippen LogP contribution in [0.4, 0.5) is 0 Å². The predicted molar refractivity (Wildman–Crippen MR) is 73.5 cm³/mol. The van der Waals surface area contributed by atoms with Crippen LogP contribution in [0.5, 0.6) is 0 Å². The Kier molecular flexibility index (Phi) is 4.73. The van der Waals surface area contributed by atoms with E-state index < -0.39 is 27.9 Å². The SMILES string of the molecule is CC1CN(S(=O)(=O)c2cc(C(=O)O)oc2Br)CC(CO)O1. The molecule has 2 atom stereocenters. The Hall–Kier alpha value is -0.940. The molecule has 21 heavy (non-hydrogen) atoms. The average molecular weight is 384 g/mol. The third-order valence-electron chi connectivity index (χ3n) is 2.98. The highest BCUT2D eigenvalue weighted by Gasteiger charge is 2.36. The molecule has 0 aromatic carbocycles. The number of aromatic carboxylic acids is 1. The lowest BCUT2D eigenvalue weighted by atomic mass is 10.2. The van der Waals surface area contributed by atoms with Gasteiger partial charge in [-0.25, -0.2) is 13.2 Å². The van der Waals surface area contributed by atoms with E-state index in [2.05, 4.69) is 15.9 Å². The number of aliphatic hydroxyl groups is 1. The highest BCUT2D eigenvalue weighted by molar-refractivity contribution is 9.10. The third-order valence-corrected chi connectivity index (χ3v) is 5.67. The molecule has 0 saturated carbocycles. The molecule has 1 aromatic heterocycles. The van der Waals surface area contributed by atoms with Crippen LogP contribution in [0.3, 0.4) is 0 Å². The number of hydrogen-bond donors (Lipinski definition) is 2. The maximum atomic E-state index is 12.6. The molecule has 0 radical (unpaired) electrons. The Balaban J connectivity index is 2.35. The van der Waals surface area contributed by atoms with Crippen molar-refractivity contribution in [2.75, 3.05) is 19.7 Å². The van der Waals surface area contributed by atoms with Gasteiger partial charge in [0.2, 0.25) is 15.8 Å². The van der Waals surface area contributed by atoms with Gasteiger partial charge in [-0.15, -0.1) is 0 Å². The van der Waals surface area contributed by atoms with Gasteiger partial charge in [0, 0.05) is 19.2 Å². The molecule has 1 fully saturated rings. The van der Waals surface area contributed by atoms with Gasteiger partial charge < -0.3 is 19.4 Å². The van der Waals surface area contributed by atoms with Crippen molar-refractivity contribution in [3.05, 3.63) is 16.5 Å². The molecule has 1 aliphatic rings. The first-order valence-electron chi connectivity index (χ1n) is 6.04. The molecular weight excluding hydrogens is 370 g/mol. The fourth-order valence-corrected chi connectivity index (χ4v) is 4.52. The lowest BCUT2D eigenvalue weighted by Gasteiger charge is -2.34. The van der Waals surface area contributed by atoms with E-state index in [9.17, 15) is 13.2 Å². The van der Waals surface area contributed by atoms with E-state index in [1.165, 1.54) is 0 Å². The predicted octanol–water partition coefficient (Wildman–Crippen LogP) is 0.511. The normalized spacial score (nSPS) is 24.1. The van der Waals surface area contributed by atoms with Gasteiger partial charge in [0.1, 0.15) is 4.90 Å². The molecule has 118 valence electrons. The summed E-state index contributed by atoms with van der Waals surface area (Å²) in [5.74, 6) is -1.83. The van der Waals surface area contributed by atoms with E-state index in [1.807, 2.05) is 0 Å². The highest BCUT2D eigenvalue weighted by Crippen LogP contribution is 2.30. The van der Waals surface area contributed by atoms with Crippen LogP contribution in [0, 0.1) is 0 Å². The lowest BCUT2D eigenvalue weighted by Crippen LogP contribution is -2.50. The number of furan rings is 1. The summed E-state index contributed by atoms with van der Waals surface area (Å²) in [6, 6.07) is 0.954. The fraction of sp³-hybridized carbons (Fsp3) is 0.545. The summed E-state index contributed by atoms with van der Waals surface area (Å²) in [6.45, 7) is 1.49. The summed E-state index contributed by atoms with van der Waals surface area (Å²) in [6.07, 6.45) is -0.997. The second-order valence-corrected chi connectivity index (χ2v) is 7.25. The van der Waals surface area contributed by atoms with Gasteiger partial charge in [0.05, 0.1) is 18.8 Å². The van der Waals surface area contributed by atoms with Gasteiger partial charge in [-0.3, -0.25) is 0 Å². The molecule has 0 aliphatic carbocycles. The molecule has 2 heterocycles. The smallest absolute Gasteiger partial charge is 0.371 e. The van der Waals surface area contributed by atoms with Crippen molar-refractivity contribution in [3.63, 3.8) is 0 Å². The van der Waals surface area contributed by atoms with E-state index in [-0.39, 0.29) is 35.4 Å². The minimum Gasteiger partial charge on any atom is -0.475 e. The molecular formula is C11H14BrNO7S. The number of halogens is 1. The number of carbonyl (C=O) groups is 1. The first kappa shape index (κ1) is 16.4.